The highest BCUT2D eigenvalue weighted by molar-refractivity contribution is 6.22. The highest BCUT2D eigenvalue weighted by atomic mass is 16.5. The molecule has 9 nitrogen and oxygen atoms in total. The van der Waals surface area contributed by atoms with Gasteiger partial charge >= 0.3 is 5.97 Å². The molecule has 27 heavy (non-hydrogen) atoms. The number of amides is 4. The van der Waals surface area contributed by atoms with E-state index < -0.39 is 35.5 Å². The van der Waals surface area contributed by atoms with Crippen LogP contribution in [0.2, 0.25) is 0 Å². The van der Waals surface area contributed by atoms with Gasteiger partial charge in [-0.1, -0.05) is 0 Å². The number of rotatable bonds is 3. The number of carbonyl (C=O) groups is 5. The highest BCUT2D eigenvalue weighted by Gasteiger charge is 2.38. The molecule has 0 bridgehead atoms. The van der Waals surface area contributed by atoms with Crippen molar-refractivity contribution in [2.75, 3.05) is 13.7 Å². The second kappa shape index (κ2) is 6.82. The van der Waals surface area contributed by atoms with Crippen LogP contribution in [0.3, 0.4) is 0 Å². The molecular formula is C18H19N3O6. The molecule has 0 aliphatic carbocycles. The Morgan fingerprint density at radius 2 is 1.81 bits per heavy atom. The first kappa shape index (κ1) is 18.6. The summed E-state index contributed by atoms with van der Waals surface area (Å²) in [4.78, 5) is 62.2. The molecule has 0 saturated carbocycles. The number of fused-ring (bicyclic) bond motifs is 1. The summed E-state index contributed by atoms with van der Waals surface area (Å²) in [7, 11) is 1.21. The van der Waals surface area contributed by atoms with Crippen molar-refractivity contribution in [3.05, 3.63) is 34.9 Å². The summed E-state index contributed by atoms with van der Waals surface area (Å²) >= 11 is 0. The van der Waals surface area contributed by atoms with Crippen LogP contribution in [0.1, 0.15) is 51.3 Å². The van der Waals surface area contributed by atoms with Crippen molar-refractivity contribution in [3.8, 4) is 0 Å². The quantitative estimate of drug-likeness (QED) is 0.604. The molecular weight excluding hydrogens is 354 g/mol. The lowest BCUT2D eigenvalue weighted by Crippen LogP contribution is -2.54. The van der Waals surface area contributed by atoms with E-state index in [-0.39, 0.29) is 35.7 Å². The van der Waals surface area contributed by atoms with Crippen LogP contribution in [0.15, 0.2) is 18.2 Å². The molecule has 1 aromatic rings. The number of hydrogen-bond donors (Lipinski definition) is 1. The molecule has 3 rings (SSSR count). The molecule has 1 unspecified atom stereocenters. The maximum absolute atomic E-state index is 12.8. The second-order valence-electron chi connectivity index (χ2n) is 6.71. The SMILES string of the molecule is COC(=O)C1CC(=O)NN(C(=O)c2ccc3c(c2)C(=O)N(C(C)C)C3=O)C1. The number of hydrogen-bond acceptors (Lipinski definition) is 6. The van der Waals surface area contributed by atoms with Crippen LogP contribution in [-0.2, 0) is 14.3 Å². The van der Waals surface area contributed by atoms with Crippen LogP contribution >= 0.6 is 0 Å². The molecule has 1 aromatic carbocycles. The van der Waals surface area contributed by atoms with Gasteiger partial charge in [0.1, 0.15) is 0 Å². The number of nitrogens with one attached hydrogen (secondary N) is 1. The van der Waals surface area contributed by atoms with Gasteiger partial charge in [0.25, 0.3) is 17.7 Å². The van der Waals surface area contributed by atoms with Crippen molar-refractivity contribution < 1.29 is 28.7 Å². The van der Waals surface area contributed by atoms with Gasteiger partial charge in [0.05, 0.1) is 30.7 Å². The standard InChI is InChI=1S/C18H19N3O6/c1-9(2)21-16(24)12-5-4-10(6-13(12)17(21)25)15(23)20-8-11(18(26)27-3)7-14(22)19-20/h4-6,9,11H,7-8H2,1-3H3,(H,19,22). The maximum Gasteiger partial charge on any atom is 0.311 e. The van der Waals surface area contributed by atoms with Crippen molar-refractivity contribution in [2.24, 2.45) is 5.92 Å². The first-order chi connectivity index (χ1) is 12.7. The van der Waals surface area contributed by atoms with Crippen molar-refractivity contribution >= 4 is 29.6 Å². The number of esters is 1. The summed E-state index contributed by atoms with van der Waals surface area (Å²) in [5.74, 6) is -3.27. The molecule has 0 aromatic heterocycles. The van der Waals surface area contributed by atoms with E-state index in [0.29, 0.717) is 0 Å². The number of ether oxygens (including phenoxy) is 1. The zero-order chi connectivity index (χ0) is 19.9. The minimum atomic E-state index is -0.762. The van der Waals surface area contributed by atoms with Crippen molar-refractivity contribution in [1.29, 1.82) is 0 Å². The van der Waals surface area contributed by atoms with E-state index in [1.54, 1.807) is 13.8 Å². The number of benzene rings is 1. The topological polar surface area (TPSA) is 113 Å². The molecule has 0 spiro atoms. The Balaban J connectivity index is 1.87. The molecule has 1 saturated heterocycles. The van der Waals surface area contributed by atoms with Crippen molar-refractivity contribution in [2.45, 2.75) is 26.3 Å². The van der Waals surface area contributed by atoms with Gasteiger partial charge in [-0.2, -0.15) is 0 Å². The van der Waals surface area contributed by atoms with Crippen LogP contribution < -0.4 is 5.43 Å². The molecule has 1 fully saturated rings. The van der Waals surface area contributed by atoms with E-state index >= 15 is 0 Å². The molecule has 2 aliphatic heterocycles. The fourth-order valence-corrected chi connectivity index (χ4v) is 3.23. The Morgan fingerprint density at radius 3 is 2.44 bits per heavy atom. The summed E-state index contributed by atoms with van der Waals surface area (Å²) < 4.78 is 4.65. The lowest BCUT2D eigenvalue weighted by atomic mass is 10.0. The summed E-state index contributed by atoms with van der Waals surface area (Å²) in [5.41, 5.74) is 2.93. The van der Waals surface area contributed by atoms with Crippen LogP contribution in [-0.4, -0.2) is 59.2 Å². The van der Waals surface area contributed by atoms with Crippen LogP contribution in [0.4, 0.5) is 0 Å². The van der Waals surface area contributed by atoms with E-state index in [2.05, 4.69) is 10.2 Å². The molecule has 142 valence electrons. The van der Waals surface area contributed by atoms with Crippen LogP contribution in [0, 0.1) is 5.92 Å². The molecule has 1 atom stereocenters. The largest absolute Gasteiger partial charge is 0.469 e. The second-order valence-corrected chi connectivity index (χ2v) is 6.71. The predicted octanol–water partition coefficient (Wildman–Crippen LogP) is 0.357. The Labute approximate surface area is 155 Å². The lowest BCUT2D eigenvalue weighted by molar-refractivity contribution is -0.151. The zero-order valence-electron chi connectivity index (χ0n) is 15.1. The van der Waals surface area contributed by atoms with E-state index in [0.717, 1.165) is 9.91 Å². The van der Waals surface area contributed by atoms with Crippen molar-refractivity contribution in [1.82, 2.24) is 15.3 Å². The Hall–Kier alpha value is -3.23. The predicted molar refractivity (Wildman–Crippen MR) is 91.4 cm³/mol. The van der Waals surface area contributed by atoms with Gasteiger partial charge in [-0.3, -0.25) is 34.3 Å². The maximum atomic E-state index is 12.8. The first-order valence-corrected chi connectivity index (χ1v) is 8.45. The third-order valence-corrected chi connectivity index (χ3v) is 4.56. The molecule has 2 heterocycles. The number of methoxy groups -OCH3 is 1. The molecule has 0 radical (unpaired) electrons. The Morgan fingerprint density at radius 1 is 1.15 bits per heavy atom. The van der Waals surface area contributed by atoms with Crippen LogP contribution in [0.5, 0.6) is 0 Å². The van der Waals surface area contributed by atoms with Gasteiger partial charge in [0.15, 0.2) is 0 Å². The van der Waals surface area contributed by atoms with E-state index in [9.17, 15) is 24.0 Å². The average Bonchev–Trinajstić information content (AvgIpc) is 2.90. The lowest BCUT2D eigenvalue weighted by Gasteiger charge is -2.31. The molecule has 9 heteroatoms. The van der Waals surface area contributed by atoms with E-state index in [4.69, 9.17) is 0 Å². The van der Waals surface area contributed by atoms with E-state index in [1.807, 2.05) is 0 Å². The number of carbonyl (C=O) groups excluding carboxylic acids is 5. The third-order valence-electron chi connectivity index (χ3n) is 4.56. The fourth-order valence-electron chi connectivity index (χ4n) is 3.23. The van der Waals surface area contributed by atoms with E-state index in [1.165, 1.54) is 25.3 Å². The molecule has 2 aliphatic rings. The third kappa shape index (κ3) is 3.16. The van der Waals surface area contributed by atoms with Gasteiger partial charge in [-0.15, -0.1) is 0 Å². The zero-order valence-corrected chi connectivity index (χ0v) is 15.1. The van der Waals surface area contributed by atoms with Gasteiger partial charge in [-0.25, -0.2) is 5.01 Å². The molecule has 1 N–H and O–H groups in total. The number of hydrazine groups is 1. The number of imide groups is 1. The van der Waals surface area contributed by atoms with Crippen molar-refractivity contribution in [3.63, 3.8) is 0 Å². The fraction of sp³-hybridized carbons (Fsp3) is 0.389. The summed E-state index contributed by atoms with van der Waals surface area (Å²) in [5, 5.41) is 1.02. The number of nitrogens with zero attached hydrogens (tertiary/aromatic N) is 2. The summed E-state index contributed by atoms with van der Waals surface area (Å²) in [6, 6.07) is 3.88. The molecule has 4 amide bonds. The van der Waals surface area contributed by atoms with Crippen LogP contribution in [0.25, 0.3) is 0 Å². The highest BCUT2D eigenvalue weighted by Crippen LogP contribution is 2.26. The van der Waals surface area contributed by atoms with Gasteiger partial charge in [-0.05, 0) is 32.0 Å². The summed E-state index contributed by atoms with van der Waals surface area (Å²) in [6.07, 6.45) is -0.0724. The minimum absolute atomic E-state index is 0.0423. The Kier molecular flexibility index (Phi) is 4.69. The van der Waals surface area contributed by atoms with Gasteiger partial charge in [0.2, 0.25) is 5.91 Å². The average molecular weight is 373 g/mol. The van der Waals surface area contributed by atoms with Gasteiger partial charge < -0.3 is 4.74 Å². The normalized spacial score (nSPS) is 19.3. The van der Waals surface area contributed by atoms with Gasteiger partial charge in [0, 0.05) is 18.0 Å². The monoisotopic (exact) mass is 373 g/mol. The summed E-state index contributed by atoms with van der Waals surface area (Å²) in [6.45, 7) is 3.41. The smallest absolute Gasteiger partial charge is 0.311 e. The minimum Gasteiger partial charge on any atom is -0.469 e. The first-order valence-electron chi connectivity index (χ1n) is 8.45. The Bertz CT molecular complexity index is 863.